The van der Waals surface area contributed by atoms with Crippen molar-refractivity contribution in [3.05, 3.63) is 23.5 Å². The first kappa shape index (κ1) is 11.5. The van der Waals surface area contributed by atoms with Gasteiger partial charge in [-0.25, -0.2) is 0 Å². The van der Waals surface area contributed by atoms with Crippen molar-refractivity contribution in [2.75, 3.05) is 7.11 Å². The Hall–Kier alpha value is -0.470. The van der Waals surface area contributed by atoms with Crippen LogP contribution in [0.1, 0.15) is 11.3 Å². The molecule has 12 heavy (non-hydrogen) atoms. The second kappa shape index (κ2) is 5.22. The van der Waals surface area contributed by atoms with Crippen molar-refractivity contribution < 1.29 is 4.74 Å². The van der Waals surface area contributed by atoms with E-state index in [1.807, 2.05) is 13.0 Å². The lowest BCUT2D eigenvalue weighted by molar-refractivity contribution is 0.410. The summed E-state index contributed by atoms with van der Waals surface area (Å²) in [6.45, 7) is 1.95. The van der Waals surface area contributed by atoms with Crippen LogP contribution in [0.2, 0.25) is 0 Å². The largest absolute Gasteiger partial charge is 0.496 e. The normalized spacial score (nSPS) is 8.92. The minimum Gasteiger partial charge on any atom is -0.496 e. The molecule has 1 aromatic rings. The van der Waals surface area contributed by atoms with Gasteiger partial charge in [-0.15, -0.1) is 24.0 Å². The van der Waals surface area contributed by atoms with Gasteiger partial charge in [0.25, 0.3) is 0 Å². The van der Waals surface area contributed by atoms with Gasteiger partial charge in [-0.1, -0.05) is 0 Å². The molecular weight excluding hydrogens is 197 g/mol. The van der Waals surface area contributed by atoms with Crippen molar-refractivity contribution in [1.29, 1.82) is 0 Å². The topological polar surface area (TPSA) is 22.1 Å². The highest BCUT2D eigenvalue weighted by Crippen LogP contribution is 2.19. The molecule has 0 aliphatic rings. The summed E-state index contributed by atoms with van der Waals surface area (Å²) >= 11 is 5.64. The highest BCUT2D eigenvalue weighted by molar-refractivity contribution is 6.17. The Balaban J connectivity index is 0.00000121. The standard InChI is InChI=1S/C8H10ClNO.ClH/c1-6-7(5-9)10-4-3-8(6)11-2;/h3-4H,5H2,1-2H3;1H. The summed E-state index contributed by atoms with van der Waals surface area (Å²) in [7, 11) is 1.64. The van der Waals surface area contributed by atoms with Crippen LogP contribution in [0, 0.1) is 6.92 Å². The first-order chi connectivity index (χ1) is 5.29. The summed E-state index contributed by atoms with van der Waals surface area (Å²) in [6, 6.07) is 1.82. The molecule has 1 rings (SSSR count). The molecule has 0 bridgehead atoms. The molecule has 0 saturated carbocycles. The average Bonchev–Trinajstić information content (AvgIpc) is 2.05. The average molecular weight is 208 g/mol. The van der Waals surface area contributed by atoms with Crippen molar-refractivity contribution >= 4 is 24.0 Å². The van der Waals surface area contributed by atoms with E-state index in [-0.39, 0.29) is 12.4 Å². The number of methoxy groups -OCH3 is 1. The monoisotopic (exact) mass is 207 g/mol. The van der Waals surface area contributed by atoms with Crippen LogP contribution in [-0.4, -0.2) is 12.1 Å². The molecule has 0 N–H and O–H groups in total. The van der Waals surface area contributed by atoms with E-state index in [4.69, 9.17) is 16.3 Å². The number of nitrogens with zero attached hydrogens (tertiary/aromatic N) is 1. The lowest BCUT2D eigenvalue weighted by Gasteiger charge is -2.05. The molecule has 0 radical (unpaired) electrons. The van der Waals surface area contributed by atoms with E-state index in [0.717, 1.165) is 17.0 Å². The number of ether oxygens (including phenoxy) is 1. The van der Waals surface area contributed by atoms with Gasteiger partial charge in [0.1, 0.15) is 5.75 Å². The lowest BCUT2D eigenvalue weighted by Crippen LogP contribution is -1.94. The highest BCUT2D eigenvalue weighted by atomic mass is 35.5. The maximum absolute atomic E-state index is 5.64. The molecule has 68 valence electrons. The van der Waals surface area contributed by atoms with Gasteiger partial charge in [-0.05, 0) is 13.0 Å². The summed E-state index contributed by atoms with van der Waals surface area (Å²) in [5, 5.41) is 0. The highest BCUT2D eigenvalue weighted by Gasteiger charge is 2.02. The van der Waals surface area contributed by atoms with E-state index in [0.29, 0.717) is 5.88 Å². The Morgan fingerprint density at radius 3 is 2.75 bits per heavy atom. The van der Waals surface area contributed by atoms with Crippen molar-refractivity contribution in [2.45, 2.75) is 12.8 Å². The molecule has 0 aliphatic heterocycles. The molecule has 4 heteroatoms. The molecule has 0 unspecified atom stereocenters. The molecule has 0 fully saturated rings. The quantitative estimate of drug-likeness (QED) is 0.696. The fourth-order valence-electron chi connectivity index (χ4n) is 0.915. The number of hydrogen-bond donors (Lipinski definition) is 0. The Kier molecular flexibility index (Phi) is 5.02. The van der Waals surface area contributed by atoms with Crippen molar-refractivity contribution in [3.63, 3.8) is 0 Å². The smallest absolute Gasteiger partial charge is 0.125 e. The van der Waals surface area contributed by atoms with E-state index >= 15 is 0 Å². The van der Waals surface area contributed by atoms with Gasteiger partial charge in [0, 0.05) is 11.8 Å². The molecule has 0 aliphatic carbocycles. The second-order valence-corrected chi connectivity index (χ2v) is 2.49. The molecule has 1 heterocycles. The SMILES string of the molecule is COc1ccnc(CCl)c1C.Cl. The van der Waals surface area contributed by atoms with Gasteiger partial charge < -0.3 is 4.74 Å². The van der Waals surface area contributed by atoms with Gasteiger partial charge in [0.05, 0.1) is 18.7 Å². The zero-order chi connectivity index (χ0) is 8.27. The summed E-state index contributed by atoms with van der Waals surface area (Å²) in [6.07, 6.45) is 1.70. The van der Waals surface area contributed by atoms with Crippen molar-refractivity contribution in [3.8, 4) is 5.75 Å². The Bertz CT molecular complexity index is 231. The van der Waals surface area contributed by atoms with Crippen LogP contribution < -0.4 is 4.74 Å². The number of aromatic nitrogens is 1. The third kappa shape index (κ3) is 2.26. The van der Waals surface area contributed by atoms with E-state index in [2.05, 4.69) is 4.98 Å². The predicted molar refractivity (Wildman–Crippen MR) is 52.3 cm³/mol. The molecule has 2 nitrogen and oxygen atoms in total. The van der Waals surface area contributed by atoms with E-state index in [1.54, 1.807) is 13.3 Å². The van der Waals surface area contributed by atoms with Crippen LogP contribution in [0.5, 0.6) is 5.75 Å². The molecule has 0 atom stereocenters. The van der Waals surface area contributed by atoms with Crippen molar-refractivity contribution in [2.24, 2.45) is 0 Å². The summed E-state index contributed by atoms with van der Waals surface area (Å²) in [4.78, 5) is 4.09. The zero-order valence-electron chi connectivity index (χ0n) is 7.00. The van der Waals surface area contributed by atoms with Crippen LogP contribution in [0.4, 0.5) is 0 Å². The predicted octanol–water partition coefficient (Wildman–Crippen LogP) is 2.56. The van der Waals surface area contributed by atoms with E-state index in [1.165, 1.54) is 0 Å². The fraction of sp³-hybridized carbons (Fsp3) is 0.375. The van der Waals surface area contributed by atoms with Crippen LogP contribution in [-0.2, 0) is 5.88 Å². The van der Waals surface area contributed by atoms with E-state index in [9.17, 15) is 0 Å². The third-order valence-electron chi connectivity index (χ3n) is 1.61. The molecule has 0 spiro atoms. The Labute approximate surface area is 83.3 Å². The summed E-state index contributed by atoms with van der Waals surface area (Å²) in [5.41, 5.74) is 1.90. The van der Waals surface area contributed by atoms with Gasteiger partial charge in [0.2, 0.25) is 0 Å². The second-order valence-electron chi connectivity index (χ2n) is 2.22. The minimum absolute atomic E-state index is 0. The van der Waals surface area contributed by atoms with Crippen LogP contribution in [0.3, 0.4) is 0 Å². The summed E-state index contributed by atoms with van der Waals surface area (Å²) < 4.78 is 5.09. The first-order valence-corrected chi connectivity index (χ1v) is 3.87. The summed E-state index contributed by atoms with van der Waals surface area (Å²) in [5.74, 6) is 1.28. The molecule has 0 saturated heterocycles. The number of hydrogen-bond acceptors (Lipinski definition) is 2. The molecule has 0 aromatic carbocycles. The van der Waals surface area contributed by atoms with Gasteiger partial charge in [-0.2, -0.15) is 0 Å². The zero-order valence-corrected chi connectivity index (χ0v) is 8.58. The van der Waals surface area contributed by atoms with Crippen LogP contribution >= 0.6 is 24.0 Å². The number of halogens is 2. The molecular formula is C8H11Cl2NO. The van der Waals surface area contributed by atoms with Gasteiger partial charge in [0.15, 0.2) is 0 Å². The number of rotatable bonds is 2. The number of alkyl halides is 1. The van der Waals surface area contributed by atoms with Crippen LogP contribution in [0.25, 0.3) is 0 Å². The lowest BCUT2D eigenvalue weighted by atomic mass is 10.2. The maximum Gasteiger partial charge on any atom is 0.125 e. The molecule has 1 aromatic heterocycles. The van der Waals surface area contributed by atoms with Gasteiger partial charge >= 0.3 is 0 Å². The van der Waals surface area contributed by atoms with Crippen molar-refractivity contribution in [1.82, 2.24) is 4.98 Å². The molecule has 0 amide bonds. The Morgan fingerprint density at radius 2 is 2.25 bits per heavy atom. The first-order valence-electron chi connectivity index (χ1n) is 3.34. The van der Waals surface area contributed by atoms with Crippen LogP contribution in [0.15, 0.2) is 12.3 Å². The third-order valence-corrected chi connectivity index (χ3v) is 1.86. The fourth-order valence-corrected chi connectivity index (χ4v) is 1.18. The maximum atomic E-state index is 5.64. The van der Waals surface area contributed by atoms with Gasteiger partial charge in [-0.3, -0.25) is 4.98 Å². The number of pyridine rings is 1. The minimum atomic E-state index is 0. The Morgan fingerprint density at radius 1 is 1.58 bits per heavy atom. The van der Waals surface area contributed by atoms with E-state index < -0.39 is 0 Å².